The molecule has 0 aliphatic carbocycles. The van der Waals surface area contributed by atoms with E-state index in [0.29, 0.717) is 36.7 Å². The van der Waals surface area contributed by atoms with Crippen LogP contribution in [-0.4, -0.2) is 40.7 Å². The Labute approximate surface area is 149 Å². The smallest absolute Gasteiger partial charge is 0.326 e. The molecule has 0 radical (unpaired) electrons. The average Bonchev–Trinajstić information content (AvgIpc) is 2.61. The van der Waals surface area contributed by atoms with Crippen LogP contribution in [0.3, 0.4) is 0 Å². The molecule has 24 heavy (non-hydrogen) atoms. The minimum Gasteiger partial charge on any atom is -0.326 e. The Hall–Kier alpha value is -1.99. The minimum atomic E-state index is -0.212. The number of urea groups is 1. The van der Waals surface area contributed by atoms with Gasteiger partial charge in [0.1, 0.15) is 5.71 Å². The molecule has 0 unspecified atom stereocenters. The number of nitrogens with zero attached hydrogens (tertiary/aromatic N) is 2. The van der Waals surface area contributed by atoms with Gasteiger partial charge in [-0.2, -0.15) is 5.10 Å². The van der Waals surface area contributed by atoms with Crippen molar-refractivity contribution in [1.29, 1.82) is 0 Å². The van der Waals surface area contributed by atoms with Crippen LogP contribution in [0, 0.1) is 0 Å². The van der Waals surface area contributed by atoms with E-state index in [-0.39, 0.29) is 11.9 Å². The van der Waals surface area contributed by atoms with Gasteiger partial charge in [0, 0.05) is 35.8 Å². The molecule has 8 heteroatoms. The Morgan fingerprint density at radius 3 is 3.17 bits per heavy atom. The number of amides is 3. The number of fused-ring (bicyclic) bond motifs is 1. The van der Waals surface area contributed by atoms with Crippen LogP contribution in [0.15, 0.2) is 40.5 Å². The summed E-state index contributed by atoms with van der Waals surface area (Å²) in [6.07, 6.45) is 1.03. The molecule has 0 atom stereocenters. The lowest BCUT2D eigenvalue weighted by atomic mass is 10.1. The molecular formula is C16H17ClN4O2S. The number of anilines is 1. The van der Waals surface area contributed by atoms with Crippen molar-refractivity contribution in [3.63, 3.8) is 0 Å². The predicted octanol–water partition coefficient (Wildman–Crippen LogP) is 2.96. The summed E-state index contributed by atoms with van der Waals surface area (Å²) < 4.78 is 0. The number of carbonyl (C=O) groups excluding carboxylic acids is 2. The normalized spacial score (nSPS) is 16.7. The van der Waals surface area contributed by atoms with Crippen molar-refractivity contribution in [2.24, 2.45) is 5.10 Å². The van der Waals surface area contributed by atoms with Gasteiger partial charge in [0.15, 0.2) is 0 Å². The fourth-order valence-electron chi connectivity index (χ4n) is 2.49. The van der Waals surface area contributed by atoms with Crippen LogP contribution >= 0.6 is 23.4 Å². The number of rotatable bonds is 5. The molecular weight excluding hydrogens is 348 g/mol. The molecule has 0 saturated heterocycles. The molecule has 6 nitrogen and oxygen atoms in total. The van der Waals surface area contributed by atoms with E-state index in [9.17, 15) is 9.59 Å². The molecule has 3 amide bonds. The van der Waals surface area contributed by atoms with Crippen molar-refractivity contribution in [2.45, 2.75) is 12.8 Å². The Balaban J connectivity index is 1.82. The molecule has 0 spiro atoms. The Morgan fingerprint density at radius 2 is 2.33 bits per heavy atom. The molecule has 0 saturated carbocycles. The maximum absolute atomic E-state index is 11.9. The third-order valence-corrected chi connectivity index (χ3v) is 4.70. The zero-order valence-electron chi connectivity index (χ0n) is 12.9. The second-order valence-electron chi connectivity index (χ2n) is 5.32. The Bertz CT molecular complexity index is 720. The second kappa shape index (κ2) is 7.72. The molecule has 2 aliphatic rings. The van der Waals surface area contributed by atoms with Crippen LogP contribution < -0.4 is 10.7 Å². The summed E-state index contributed by atoms with van der Waals surface area (Å²) in [4.78, 5) is 25.4. The fraction of sp³-hybridized carbons (Fsp3) is 0.312. The van der Waals surface area contributed by atoms with Crippen LogP contribution in [0.5, 0.6) is 0 Å². The zero-order valence-corrected chi connectivity index (χ0v) is 14.5. The highest BCUT2D eigenvalue weighted by molar-refractivity contribution is 8.02. The summed E-state index contributed by atoms with van der Waals surface area (Å²) in [6, 6.07) is 7.23. The standard InChI is InChI=1S/C16H17ClN4O2S/c17-6-2-5-14(22)18-12-4-1-3-11(9-12)15-13-10-24-8-7-21(13)16(23)20-19-15/h1,3-4,9-10H,2,5-8H2,(H,18,22)(H,20,23). The lowest BCUT2D eigenvalue weighted by Gasteiger charge is -2.31. The molecule has 2 heterocycles. The monoisotopic (exact) mass is 364 g/mol. The van der Waals surface area contributed by atoms with Gasteiger partial charge in [-0.3, -0.25) is 9.69 Å². The summed E-state index contributed by atoms with van der Waals surface area (Å²) in [5.74, 6) is 1.26. The maximum atomic E-state index is 11.9. The molecule has 2 aliphatic heterocycles. The van der Waals surface area contributed by atoms with Gasteiger partial charge in [-0.1, -0.05) is 12.1 Å². The van der Waals surface area contributed by atoms with Crippen molar-refractivity contribution in [2.75, 3.05) is 23.5 Å². The first-order valence-corrected chi connectivity index (χ1v) is 9.21. The molecule has 3 rings (SSSR count). The van der Waals surface area contributed by atoms with Gasteiger partial charge in [-0.05, 0) is 24.0 Å². The second-order valence-corrected chi connectivity index (χ2v) is 6.68. The van der Waals surface area contributed by atoms with E-state index in [1.54, 1.807) is 16.7 Å². The number of hydrogen-bond donors (Lipinski definition) is 2. The first-order valence-electron chi connectivity index (χ1n) is 7.62. The van der Waals surface area contributed by atoms with Crippen LogP contribution in [0.1, 0.15) is 18.4 Å². The van der Waals surface area contributed by atoms with Gasteiger partial charge in [0.2, 0.25) is 5.91 Å². The topological polar surface area (TPSA) is 73.8 Å². The molecule has 126 valence electrons. The van der Waals surface area contributed by atoms with Gasteiger partial charge >= 0.3 is 6.03 Å². The largest absolute Gasteiger partial charge is 0.342 e. The number of alkyl halides is 1. The third-order valence-electron chi connectivity index (χ3n) is 3.63. The molecule has 0 aromatic heterocycles. The highest BCUT2D eigenvalue weighted by atomic mass is 35.5. The first-order chi connectivity index (χ1) is 11.7. The Morgan fingerprint density at radius 1 is 1.46 bits per heavy atom. The van der Waals surface area contributed by atoms with E-state index in [4.69, 9.17) is 11.6 Å². The van der Waals surface area contributed by atoms with Gasteiger partial charge in [0.05, 0.1) is 5.70 Å². The van der Waals surface area contributed by atoms with Gasteiger partial charge in [0.25, 0.3) is 0 Å². The molecule has 1 aromatic carbocycles. The number of allylic oxidation sites excluding steroid dienone is 1. The van der Waals surface area contributed by atoms with Crippen molar-refractivity contribution < 1.29 is 9.59 Å². The van der Waals surface area contributed by atoms with Gasteiger partial charge < -0.3 is 5.32 Å². The van der Waals surface area contributed by atoms with E-state index >= 15 is 0 Å². The van der Waals surface area contributed by atoms with E-state index in [0.717, 1.165) is 17.0 Å². The summed E-state index contributed by atoms with van der Waals surface area (Å²) in [7, 11) is 0. The van der Waals surface area contributed by atoms with Crippen molar-refractivity contribution in [3.8, 4) is 0 Å². The van der Waals surface area contributed by atoms with E-state index < -0.39 is 0 Å². The minimum absolute atomic E-state index is 0.0688. The van der Waals surface area contributed by atoms with Crippen molar-refractivity contribution in [1.82, 2.24) is 10.3 Å². The van der Waals surface area contributed by atoms with Gasteiger partial charge in [-0.25, -0.2) is 10.2 Å². The highest BCUT2D eigenvalue weighted by Crippen LogP contribution is 2.26. The van der Waals surface area contributed by atoms with Crippen LogP contribution in [-0.2, 0) is 4.79 Å². The van der Waals surface area contributed by atoms with E-state index in [1.807, 2.05) is 29.7 Å². The number of hydrazone groups is 1. The zero-order chi connectivity index (χ0) is 16.9. The van der Waals surface area contributed by atoms with Crippen molar-refractivity contribution >= 4 is 46.7 Å². The average molecular weight is 365 g/mol. The number of carbonyl (C=O) groups is 2. The van der Waals surface area contributed by atoms with Crippen LogP contribution in [0.25, 0.3) is 0 Å². The SMILES string of the molecule is O=C(CCCCl)Nc1cccc(C2=NNC(=O)N3CCSC=C23)c1. The molecule has 1 aromatic rings. The summed E-state index contributed by atoms with van der Waals surface area (Å²) >= 11 is 7.27. The first kappa shape index (κ1) is 16.9. The number of nitrogens with one attached hydrogen (secondary N) is 2. The van der Waals surface area contributed by atoms with Crippen LogP contribution in [0.2, 0.25) is 0 Å². The number of benzene rings is 1. The van der Waals surface area contributed by atoms with E-state index in [1.165, 1.54) is 0 Å². The number of thioether (sulfide) groups is 1. The molecule has 2 N–H and O–H groups in total. The molecule has 0 fully saturated rings. The summed E-state index contributed by atoms with van der Waals surface area (Å²) in [5.41, 5.74) is 5.56. The van der Waals surface area contributed by atoms with Crippen LogP contribution in [0.4, 0.5) is 10.5 Å². The van der Waals surface area contributed by atoms with Gasteiger partial charge in [-0.15, -0.1) is 23.4 Å². The van der Waals surface area contributed by atoms with Crippen molar-refractivity contribution in [3.05, 3.63) is 40.9 Å². The Kier molecular flexibility index (Phi) is 5.42. The quantitative estimate of drug-likeness (QED) is 0.789. The summed E-state index contributed by atoms with van der Waals surface area (Å²) in [6.45, 7) is 0.649. The lowest BCUT2D eigenvalue weighted by molar-refractivity contribution is -0.116. The molecule has 0 bridgehead atoms. The van der Waals surface area contributed by atoms with E-state index in [2.05, 4.69) is 15.8 Å². The maximum Gasteiger partial charge on any atom is 0.342 e. The summed E-state index contributed by atoms with van der Waals surface area (Å²) in [5, 5.41) is 9.01. The number of halogens is 1. The highest BCUT2D eigenvalue weighted by Gasteiger charge is 2.29. The predicted molar refractivity (Wildman–Crippen MR) is 97.3 cm³/mol. The lowest BCUT2D eigenvalue weighted by Crippen LogP contribution is -2.46. The number of hydrogen-bond acceptors (Lipinski definition) is 4. The third kappa shape index (κ3) is 3.73. The fourth-order valence-corrected chi connectivity index (χ4v) is 3.43.